The van der Waals surface area contributed by atoms with Crippen molar-refractivity contribution in [3.8, 4) is 0 Å². The SMILES string of the molecule is CC(=Cc1csc(C)n1)C1(C)CC2OC2CCCC(C)C(O)C(C)C(=O)C(C)(C)C(O)CC(=O)O1. The summed E-state index contributed by atoms with van der Waals surface area (Å²) in [5.74, 6) is -1.55. The van der Waals surface area contributed by atoms with Crippen LogP contribution in [0.3, 0.4) is 0 Å². The number of hydrogen-bond donors (Lipinski definition) is 2. The molecule has 2 aliphatic rings. The fourth-order valence-electron chi connectivity index (χ4n) is 5.02. The molecule has 2 N–H and O–H groups in total. The summed E-state index contributed by atoms with van der Waals surface area (Å²) in [7, 11) is 0. The minimum Gasteiger partial charge on any atom is -0.455 e. The Bertz CT molecular complexity index is 955. The van der Waals surface area contributed by atoms with E-state index in [0.717, 1.165) is 35.5 Å². The minimum absolute atomic E-state index is 0.0247. The van der Waals surface area contributed by atoms with Gasteiger partial charge in [-0.1, -0.05) is 34.1 Å². The largest absolute Gasteiger partial charge is 0.455 e. The van der Waals surface area contributed by atoms with Crippen molar-refractivity contribution >= 4 is 29.2 Å². The lowest BCUT2D eigenvalue weighted by Gasteiger charge is -2.35. The van der Waals surface area contributed by atoms with Gasteiger partial charge in [-0.15, -0.1) is 11.3 Å². The highest BCUT2D eigenvalue weighted by atomic mass is 32.1. The zero-order valence-electron chi connectivity index (χ0n) is 22.0. The maximum atomic E-state index is 13.2. The van der Waals surface area contributed by atoms with E-state index >= 15 is 0 Å². The van der Waals surface area contributed by atoms with Gasteiger partial charge in [0.05, 0.1) is 47.0 Å². The Morgan fingerprint density at radius 3 is 2.49 bits per heavy atom. The second kappa shape index (κ2) is 10.8. The molecule has 3 heterocycles. The maximum Gasteiger partial charge on any atom is 0.309 e. The van der Waals surface area contributed by atoms with Crippen molar-refractivity contribution in [3.63, 3.8) is 0 Å². The molecule has 1 aromatic heterocycles. The third-order valence-electron chi connectivity index (χ3n) is 7.94. The summed E-state index contributed by atoms with van der Waals surface area (Å²) in [4.78, 5) is 30.8. The van der Waals surface area contributed by atoms with E-state index in [1.165, 1.54) is 0 Å². The number of carbonyl (C=O) groups excluding carboxylic acids is 2. The van der Waals surface area contributed by atoms with Crippen LogP contribution in [0.5, 0.6) is 0 Å². The number of nitrogens with zero attached hydrogens (tertiary/aromatic N) is 1. The van der Waals surface area contributed by atoms with E-state index in [4.69, 9.17) is 9.47 Å². The Morgan fingerprint density at radius 2 is 1.86 bits per heavy atom. The molecule has 0 radical (unpaired) electrons. The first-order valence-corrected chi connectivity index (χ1v) is 13.5. The van der Waals surface area contributed by atoms with Gasteiger partial charge in [0.15, 0.2) is 0 Å². The van der Waals surface area contributed by atoms with Gasteiger partial charge >= 0.3 is 5.97 Å². The van der Waals surface area contributed by atoms with Crippen LogP contribution >= 0.6 is 11.3 Å². The lowest BCUT2D eigenvalue weighted by atomic mass is 9.73. The number of epoxide rings is 1. The van der Waals surface area contributed by atoms with Gasteiger partial charge in [0.2, 0.25) is 0 Å². The molecule has 0 amide bonds. The van der Waals surface area contributed by atoms with Gasteiger partial charge in [0.1, 0.15) is 11.4 Å². The van der Waals surface area contributed by atoms with E-state index in [9.17, 15) is 19.8 Å². The molecule has 0 bridgehead atoms. The first kappa shape index (κ1) is 28.0. The fourth-order valence-corrected chi connectivity index (χ4v) is 5.59. The van der Waals surface area contributed by atoms with Crippen molar-refractivity contribution in [2.75, 3.05) is 0 Å². The van der Waals surface area contributed by atoms with Crippen molar-refractivity contribution in [3.05, 3.63) is 21.7 Å². The second-order valence-corrected chi connectivity index (χ2v) is 12.3. The standard InChI is InChI=1S/C27H41NO6S/c1-15-9-8-10-20-21(33-20)13-27(7,16(2)11-19-14-35-18(4)28-19)34-23(30)12-22(29)26(5,6)25(32)17(3)24(15)31/h11,14-15,17,20-22,24,29,31H,8-10,12-13H2,1-7H3. The van der Waals surface area contributed by atoms with E-state index in [2.05, 4.69) is 4.98 Å². The van der Waals surface area contributed by atoms with Gasteiger partial charge < -0.3 is 19.7 Å². The van der Waals surface area contributed by atoms with Crippen LogP contribution in [0.15, 0.2) is 11.0 Å². The molecule has 2 fully saturated rings. The number of aliphatic hydroxyl groups is 2. The molecule has 3 rings (SSSR count). The highest BCUT2D eigenvalue weighted by molar-refractivity contribution is 7.09. The molecule has 0 aliphatic carbocycles. The highest BCUT2D eigenvalue weighted by Gasteiger charge is 2.47. The van der Waals surface area contributed by atoms with Crippen LogP contribution in [-0.2, 0) is 19.1 Å². The molecular weight excluding hydrogens is 466 g/mol. The van der Waals surface area contributed by atoms with Crippen LogP contribution in [0.1, 0.15) is 84.3 Å². The number of thiazole rings is 1. The van der Waals surface area contributed by atoms with Gasteiger partial charge in [-0.2, -0.15) is 0 Å². The monoisotopic (exact) mass is 507 g/mol. The molecule has 7 atom stereocenters. The van der Waals surface area contributed by atoms with E-state index in [-0.39, 0.29) is 30.3 Å². The Labute approximate surface area is 212 Å². The summed E-state index contributed by atoms with van der Waals surface area (Å²) >= 11 is 1.56. The molecule has 0 aromatic carbocycles. The van der Waals surface area contributed by atoms with Crippen molar-refractivity contribution in [1.82, 2.24) is 4.98 Å². The fraction of sp³-hybridized carbons (Fsp3) is 0.741. The first-order valence-electron chi connectivity index (χ1n) is 12.6. The first-order chi connectivity index (χ1) is 16.2. The van der Waals surface area contributed by atoms with Crippen molar-refractivity contribution in [2.45, 2.75) is 111 Å². The predicted molar refractivity (Wildman–Crippen MR) is 136 cm³/mol. The summed E-state index contributed by atoms with van der Waals surface area (Å²) < 4.78 is 11.9. The molecule has 196 valence electrons. The average molecular weight is 508 g/mol. The normalized spacial score (nSPS) is 37.5. The number of Topliss-reactive ketones (excluding diaryl/α,β-unsaturated/α-hetero) is 1. The molecule has 2 aliphatic heterocycles. The Balaban J connectivity index is 1.87. The van der Waals surface area contributed by atoms with Crippen molar-refractivity contribution < 1.29 is 29.3 Å². The van der Waals surface area contributed by atoms with E-state index in [1.54, 1.807) is 32.1 Å². The number of hydrogen-bond acceptors (Lipinski definition) is 8. The number of esters is 1. The summed E-state index contributed by atoms with van der Waals surface area (Å²) in [6.45, 7) is 12.6. The minimum atomic E-state index is -1.24. The summed E-state index contributed by atoms with van der Waals surface area (Å²) in [5.41, 5.74) is -0.478. The third kappa shape index (κ3) is 6.59. The quantitative estimate of drug-likeness (QED) is 0.449. The van der Waals surface area contributed by atoms with Gasteiger partial charge in [0, 0.05) is 17.7 Å². The number of ether oxygens (including phenoxy) is 2. The summed E-state index contributed by atoms with van der Waals surface area (Å²) in [5, 5.41) is 24.6. The van der Waals surface area contributed by atoms with E-state index < -0.39 is 35.1 Å². The zero-order valence-corrected chi connectivity index (χ0v) is 22.9. The van der Waals surface area contributed by atoms with Crippen LogP contribution in [0.2, 0.25) is 0 Å². The molecular formula is C27H41NO6S. The molecule has 8 heteroatoms. The van der Waals surface area contributed by atoms with E-state index in [0.29, 0.717) is 6.42 Å². The summed E-state index contributed by atoms with van der Waals surface area (Å²) in [6, 6.07) is 0. The molecule has 7 nitrogen and oxygen atoms in total. The maximum absolute atomic E-state index is 13.2. The smallest absolute Gasteiger partial charge is 0.309 e. The van der Waals surface area contributed by atoms with Crippen LogP contribution < -0.4 is 0 Å². The average Bonchev–Trinajstić information content (AvgIpc) is 3.37. The molecule has 0 spiro atoms. The molecule has 2 saturated heterocycles. The van der Waals surface area contributed by atoms with E-state index in [1.807, 2.05) is 39.2 Å². The van der Waals surface area contributed by atoms with Crippen LogP contribution in [0.25, 0.3) is 6.08 Å². The van der Waals surface area contributed by atoms with Crippen LogP contribution in [0.4, 0.5) is 0 Å². The van der Waals surface area contributed by atoms with Crippen LogP contribution in [-0.4, -0.2) is 57.0 Å². The lowest BCUT2D eigenvalue weighted by Crippen LogP contribution is -2.46. The number of fused-ring (bicyclic) bond motifs is 1. The number of cyclic esters (lactones) is 1. The Morgan fingerprint density at radius 1 is 1.17 bits per heavy atom. The molecule has 7 unspecified atom stereocenters. The van der Waals surface area contributed by atoms with Gasteiger partial charge in [-0.05, 0) is 51.2 Å². The lowest BCUT2D eigenvalue weighted by molar-refractivity contribution is -0.161. The van der Waals surface area contributed by atoms with Crippen LogP contribution in [0, 0.1) is 24.2 Å². The van der Waals surface area contributed by atoms with Gasteiger partial charge in [-0.3, -0.25) is 9.59 Å². The van der Waals surface area contributed by atoms with Crippen molar-refractivity contribution in [2.24, 2.45) is 17.3 Å². The molecule has 35 heavy (non-hydrogen) atoms. The third-order valence-corrected chi connectivity index (χ3v) is 8.73. The number of carbonyl (C=O) groups is 2. The topological polar surface area (TPSA) is 109 Å². The highest BCUT2D eigenvalue weighted by Crippen LogP contribution is 2.40. The number of aromatic nitrogens is 1. The van der Waals surface area contributed by atoms with Gasteiger partial charge in [0.25, 0.3) is 0 Å². The summed E-state index contributed by atoms with van der Waals surface area (Å²) in [6.07, 6.45) is 2.64. The molecule has 0 saturated carbocycles. The van der Waals surface area contributed by atoms with Crippen molar-refractivity contribution in [1.29, 1.82) is 0 Å². The second-order valence-electron chi connectivity index (χ2n) is 11.2. The number of rotatable bonds is 2. The van der Waals surface area contributed by atoms with Gasteiger partial charge in [-0.25, -0.2) is 4.98 Å². The number of aryl methyl sites for hydroxylation is 1. The number of ketones is 1. The Hall–Kier alpha value is -1.61. The zero-order chi connectivity index (χ0) is 26.1. The Kier molecular flexibility index (Phi) is 8.62. The predicted octanol–water partition coefficient (Wildman–Crippen LogP) is 4.48. The molecule has 1 aromatic rings. The number of aliphatic hydroxyl groups excluding tert-OH is 2.